The van der Waals surface area contributed by atoms with E-state index in [4.69, 9.17) is 14.2 Å². The van der Waals surface area contributed by atoms with E-state index in [9.17, 15) is 14.4 Å². The van der Waals surface area contributed by atoms with Crippen LogP contribution in [0.4, 0.5) is 0 Å². The van der Waals surface area contributed by atoms with Crippen molar-refractivity contribution in [3.63, 3.8) is 0 Å². The summed E-state index contributed by atoms with van der Waals surface area (Å²) in [7, 11) is 0. The molecule has 1 atom stereocenters. The molecule has 0 bridgehead atoms. The van der Waals surface area contributed by atoms with Gasteiger partial charge in [-0.25, -0.2) is 0 Å². The Balaban J connectivity index is 4.38. The maximum Gasteiger partial charge on any atom is 0.306 e. The van der Waals surface area contributed by atoms with E-state index in [0.717, 1.165) is 83.5 Å². The number of ether oxygens (including phenoxy) is 3. The summed E-state index contributed by atoms with van der Waals surface area (Å²) in [6, 6.07) is 0. The highest BCUT2D eigenvalue weighted by molar-refractivity contribution is 5.71. The predicted octanol–water partition coefficient (Wildman–Crippen LogP) is 23.1. The standard InChI is InChI=1S/C71H128O6/c1-4-7-10-13-16-19-22-25-28-31-34-35-38-40-43-46-49-52-55-58-61-64-70(73)76-67-68(77-71(74)65-62-59-56-53-50-47-44-41-37-33-30-27-24-21-18-15-12-9-6-3)66-75-69(72)63-60-57-54-51-48-45-42-39-36-32-29-26-23-20-17-14-11-8-5-2/h18,21-22,25,27,30-31,34,38,40,68H,4-17,19-20,23-24,26,28-29,32-33,35-37,39,41-67H2,1-3H3/b21-18-,25-22-,30-27-,34-31-,40-38-. The van der Waals surface area contributed by atoms with Gasteiger partial charge in [0.2, 0.25) is 0 Å². The minimum Gasteiger partial charge on any atom is -0.462 e. The summed E-state index contributed by atoms with van der Waals surface area (Å²) >= 11 is 0. The average Bonchev–Trinajstić information content (AvgIpc) is 3.43. The number of esters is 3. The first-order valence-corrected chi connectivity index (χ1v) is 33.8. The molecule has 0 fully saturated rings. The average molecular weight is 1080 g/mol. The molecular formula is C71H128O6. The first-order valence-electron chi connectivity index (χ1n) is 33.8. The number of carbonyl (C=O) groups excluding carboxylic acids is 3. The Morgan fingerprint density at radius 3 is 0.753 bits per heavy atom. The molecule has 0 aliphatic carbocycles. The van der Waals surface area contributed by atoms with Gasteiger partial charge in [0.05, 0.1) is 0 Å². The summed E-state index contributed by atoms with van der Waals surface area (Å²) in [5, 5.41) is 0. The van der Waals surface area contributed by atoms with Crippen LogP contribution in [0.25, 0.3) is 0 Å². The normalized spacial score (nSPS) is 12.4. The molecule has 6 heteroatoms. The van der Waals surface area contributed by atoms with Crippen LogP contribution in [-0.2, 0) is 28.6 Å². The molecule has 0 spiro atoms. The Labute approximate surface area is 479 Å². The van der Waals surface area contributed by atoms with Crippen LogP contribution < -0.4 is 0 Å². The molecule has 0 radical (unpaired) electrons. The van der Waals surface area contributed by atoms with Gasteiger partial charge < -0.3 is 14.2 Å². The molecule has 0 saturated carbocycles. The highest BCUT2D eigenvalue weighted by Crippen LogP contribution is 2.17. The molecule has 0 saturated heterocycles. The van der Waals surface area contributed by atoms with E-state index < -0.39 is 6.10 Å². The van der Waals surface area contributed by atoms with Gasteiger partial charge in [-0.1, -0.05) is 306 Å². The summed E-state index contributed by atoms with van der Waals surface area (Å²) in [5.41, 5.74) is 0. The number of rotatable bonds is 62. The van der Waals surface area contributed by atoms with Crippen LogP contribution in [0.5, 0.6) is 0 Å². The lowest BCUT2D eigenvalue weighted by molar-refractivity contribution is -0.167. The zero-order valence-electron chi connectivity index (χ0n) is 51.5. The Morgan fingerprint density at radius 2 is 0.468 bits per heavy atom. The zero-order chi connectivity index (χ0) is 55.7. The summed E-state index contributed by atoms with van der Waals surface area (Å²) < 4.78 is 17.0. The fourth-order valence-corrected chi connectivity index (χ4v) is 9.89. The minimum atomic E-state index is -0.782. The van der Waals surface area contributed by atoms with E-state index in [0.29, 0.717) is 19.3 Å². The van der Waals surface area contributed by atoms with Crippen molar-refractivity contribution in [2.24, 2.45) is 0 Å². The van der Waals surface area contributed by atoms with Crippen molar-refractivity contribution in [3.8, 4) is 0 Å². The lowest BCUT2D eigenvalue weighted by Gasteiger charge is -2.18. The molecule has 6 nitrogen and oxygen atoms in total. The predicted molar refractivity (Wildman–Crippen MR) is 335 cm³/mol. The largest absolute Gasteiger partial charge is 0.462 e. The molecule has 0 aromatic heterocycles. The fourth-order valence-electron chi connectivity index (χ4n) is 9.89. The van der Waals surface area contributed by atoms with Gasteiger partial charge in [0, 0.05) is 19.3 Å². The third kappa shape index (κ3) is 63.8. The number of carbonyl (C=O) groups is 3. The molecule has 0 N–H and O–H groups in total. The SMILES string of the molecule is CCCCC/C=C\C/C=C\CCCCCCCCCCCC(=O)OC(COC(=O)CCCCCCCC/C=C\C/C=C\C/C=C\CCCCCCC)COC(=O)CCCCCCCCCCCCCCCCCCCCC. The van der Waals surface area contributed by atoms with E-state index in [1.165, 1.54) is 231 Å². The smallest absolute Gasteiger partial charge is 0.306 e. The molecular weight excluding hydrogens is 949 g/mol. The topological polar surface area (TPSA) is 78.9 Å². The zero-order valence-corrected chi connectivity index (χ0v) is 51.5. The summed E-state index contributed by atoms with van der Waals surface area (Å²) in [4.78, 5) is 38.4. The molecule has 448 valence electrons. The van der Waals surface area contributed by atoms with E-state index in [1.54, 1.807) is 0 Å². The van der Waals surface area contributed by atoms with Crippen molar-refractivity contribution in [2.75, 3.05) is 13.2 Å². The summed E-state index contributed by atoms with van der Waals surface area (Å²) in [5.74, 6) is -0.872. The molecule has 0 aromatic carbocycles. The van der Waals surface area contributed by atoms with Gasteiger partial charge in [-0.3, -0.25) is 14.4 Å². The number of hydrogen-bond acceptors (Lipinski definition) is 6. The number of allylic oxidation sites excluding steroid dienone is 10. The monoisotopic (exact) mass is 1080 g/mol. The first-order chi connectivity index (χ1) is 38.0. The Hall–Kier alpha value is -2.89. The van der Waals surface area contributed by atoms with Crippen LogP contribution in [0.1, 0.15) is 355 Å². The number of unbranched alkanes of at least 4 members (excludes halogenated alkanes) is 41. The molecule has 0 aliphatic heterocycles. The summed E-state index contributed by atoms with van der Waals surface area (Å²) in [6.07, 6.45) is 83.7. The van der Waals surface area contributed by atoms with E-state index in [2.05, 4.69) is 81.5 Å². The first kappa shape index (κ1) is 74.1. The van der Waals surface area contributed by atoms with E-state index in [-0.39, 0.29) is 31.1 Å². The van der Waals surface area contributed by atoms with Crippen LogP contribution in [0.2, 0.25) is 0 Å². The lowest BCUT2D eigenvalue weighted by Crippen LogP contribution is -2.30. The van der Waals surface area contributed by atoms with Gasteiger partial charge in [-0.2, -0.15) is 0 Å². The number of hydrogen-bond donors (Lipinski definition) is 0. The van der Waals surface area contributed by atoms with Crippen LogP contribution in [0.15, 0.2) is 60.8 Å². The van der Waals surface area contributed by atoms with Gasteiger partial charge in [0.1, 0.15) is 13.2 Å². The van der Waals surface area contributed by atoms with Gasteiger partial charge in [0.15, 0.2) is 6.10 Å². The van der Waals surface area contributed by atoms with Crippen molar-refractivity contribution in [2.45, 2.75) is 361 Å². The van der Waals surface area contributed by atoms with Crippen molar-refractivity contribution < 1.29 is 28.6 Å². The van der Waals surface area contributed by atoms with Crippen LogP contribution in [0, 0.1) is 0 Å². The highest BCUT2D eigenvalue weighted by Gasteiger charge is 2.19. The quantitative estimate of drug-likeness (QED) is 0.0261. The van der Waals surface area contributed by atoms with Gasteiger partial charge in [-0.05, 0) is 89.9 Å². The molecule has 0 aromatic rings. The summed E-state index contributed by atoms with van der Waals surface area (Å²) in [6.45, 7) is 6.65. The highest BCUT2D eigenvalue weighted by atomic mass is 16.6. The molecule has 0 amide bonds. The van der Waals surface area contributed by atoms with Crippen molar-refractivity contribution in [1.82, 2.24) is 0 Å². The molecule has 0 aliphatic rings. The fraction of sp³-hybridized carbons (Fsp3) is 0.817. The third-order valence-electron chi connectivity index (χ3n) is 15.0. The Bertz CT molecular complexity index is 1380. The maximum absolute atomic E-state index is 12.9. The third-order valence-corrected chi connectivity index (χ3v) is 15.0. The van der Waals surface area contributed by atoms with Crippen molar-refractivity contribution >= 4 is 17.9 Å². The van der Waals surface area contributed by atoms with Crippen molar-refractivity contribution in [1.29, 1.82) is 0 Å². The molecule has 0 rings (SSSR count). The van der Waals surface area contributed by atoms with Gasteiger partial charge >= 0.3 is 17.9 Å². The van der Waals surface area contributed by atoms with Gasteiger partial charge in [-0.15, -0.1) is 0 Å². The van der Waals surface area contributed by atoms with Gasteiger partial charge in [0.25, 0.3) is 0 Å². The maximum atomic E-state index is 12.9. The van der Waals surface area contributed by atoms with Crippen LogP contribution in [-0.4, -0.2) is 37.2 Å². The second kappa shape index (κ2) is 65.6. The minimum absolute atomic E-state index is 0.0767. The Kier molecular flexibility index (Phi) is 63.2. The molecule has 1 unspecified atom stereocenters. The van der Waals surface area contributed by atoms with E-state index in [1.807, 2.05) is 0 Å². The molecule has 0 heterocycles. The Morgan fingerprint density at radius 1 is 0.260 bits per heavy atom. The van der Waals surface area contributed by atoms with E-state index >= 15 is 0 Å². The van der Waals surface area contributed by atoms with Crippen molar-refractivity contribution in [3.05, 3.63) is 60.8 Å². The van der Waals surface area contributed by atoms with Crippen LogP contribution in [0.3, 0.4) is 0 Å². The second-order valence-corrected chi connectivity index (χ2v) is 22.7. The lowest BCUT2D eigenvalue weighted by atomic mass is 10.0. The second-order valence-electron chi connectivity index (χ2n) is 22.7. The van der Waals surface area contributed by atoms with Crippen LogP contribution >= 0.6 is 0 Å². The molecule has 77 heavy (non-hydrogen) atoms.